The van der Waals surface area contributed by atoms with Gasteiger partial charge >= 0.3 is 5.69 Å². The molecule has 0 saturated carbocycles. The molecule has 1 aromatic heterocycles. The maximum absolute atomic E-state index is 14.4. The Morgan fingerprint density at radius 2 is 1.21 bits per heavy atom. The standard InChI is InChI=1S/C22H16ClFN8O13S3/c1-9-4-10(2-3-17(9)46(37,38)39)25-21-28-20(23)29-22(30-21)27-14-6-13(18(47(40,41)42)8-19(14)48(43,44)45)26-12-5-11(24)15(31(33)34)7-16(12)32(35)36/h2-8,26H,1H3,(H,37,38,39)(H,40,41,42)(H,43,44,45)(H2,25,27,28,29,30). The molecule has 21 nitrogen and oxygen atoms in total. The molecule has 0 aliphatic rings. The molecule has 0 atom stereocenters. The number of aryl methyl sites for hydroxylation is 1. The number of nitro groups is 2. The SMILES string of the molecule is Cc1cc(Nc2nc(Cl)nc(Nc3cc(Nc4cc(F)c([N+](=O)[O-])cc4[N+](=O)[O-])c(S(=O)(=O)O)cc3S(=O)(=O)O)n2)ccc1S(=O)(=O)O. The van der Waals surface area contributed by atoms with Crippen molar-refractivity contribution in [2.24, 2.45) is 0 Å². The van der Waals surface area contributed by atoms with Crippen molar-refractivity contribution in [3.8, 4) is 0 Å². The number of hydrogen-bond donors (Lipinski definition) is 6. The van der Waals surface area contributed by atoms with Gasteiger partial charge in [0.15, 0.2) is 0 Å². The molecular weight excluding hydrogens is 735 g/mol. The number of anilines is 6. The highest BCUT2D eigenvalue weighted by molar-refractivity contribution is 7.87. The van der Waals surface area contributed by atoms with Crippen LogP contribution in [0, 0.1) is 33.0 Å². The third kappa shape index (κ3) is 8.02. The maximum Gasteiger partial charge on any atom is 0.311 e. The molecule has 3 aromatic carbocycles. The van der Waals surface area contributed by atoms with Crippen molar-refractivity contribution in [1.82, 2.24) is 15.0 Å². The van der Waals surface area contributed by atoms with Gasteiger partial charge in [-0.25, -0.2) is 0 Å². The van der Waals surface area contributed by atoms with Crippen LogP contribution in [0.15, 0.2) is 57.2 Å². The van der Waals surface area contributed by atoms with Gasteiger partial charge in [0.2, 0.25) is 23.0 Å². The van der Waals surface area contributed by atoms with Crippen LogP contribution in [-0.4, -0.2) is 63.7 Å². The van der Waals surface area contributed by atoms with Gasteiger partial charge in [0, 0.05) is 11.8 Å². The summed E-state index contributed by atoms with van der Waals surface area (Å²) < 4.78 is 115. The first-order valence-electron chi connectivity index (χ1n) is 12.1. The summed E-state index contributed by atoms with van der Waals surface area (Å²) in [5.41, 5.74) is -4.72. The van der Waals surface area contributed by atoms with Crippen LogP contribution >= 0.6 is 11.6 Å². The fourth-order valence-corrected chi connectivity index (χ4v) is 6.25. The zero-order chi connectivity index (χ0) is 35.9. The van der Waals surface area contributed by atoms with Gasteiger partial charge in [0.1, 0.15) is 15.5 Å². The number of halogens is 2. The van der Waals surface area contributed by atoms with E-state index in [1.807, 2.05) is 0 Å². The number of nitro benzene ring substituents is 2. The first kappa shape index (κ1) is 35.7. The van der Waals surface area contributed by atoms with Gasteiger partial charge in [-0.3, -0.25) is 33.9 Å². The normalized spacial score (nSPS) is 12.0. The van der Waals surface area contributed by atoms with E-state index in [1.54, 1.807) is 0 Å². The monoisotopic (exact) mass is 750 g/mol. The molecule has 0 saturated heterocycles. The molecule has 0 fully saturated rings. The smallest absolute Gasteiger partial charge is 0.311 e. The Kier molecular flexibility index (Phi) is 9.50. The number of rotatable bonds is 11. The molecule has 0 bridgehead atoms. The molecular formula is C22H16ClFN8O13S3. The third-order valence-electron chi connectivity index (χ3n) is 5.93. The number of aromatic nitrogens is 3. The summed E-state index contributed by atoms with van der Waals surface area (Å²) >= 11 is 5.95. The van der Waals surface area contributed by atoms with Crippen LogP contribution in [-0.2, 0) is 30.4 Å². The van der Waals surface area contributed by atoms with Gasteiger partial charge < -0.3 is 16.0 Å². The van der Waals surface area contributed by atoms with E-state index in [9.17, 15) is 63.5 Å². The van der Waals surface area contributed by atoms with Crippen molar-refractivity contribution < 1.29 is 53.1 Å². The molecule has 4 rings (SSSR count). The van der Waals surface area contributed by atoms with Crippen LogP contribution in [0.3, 0.4) is 0 Å². The van der Waals surface area contributed by atoms with E-state index >= 15 is 0 Å². The van der Waals surface area contributed by atoms with Crippen molar-refractivity contribution in [3.05, 3.63) is 79.4 Å². The number of nitrogens with one attached hydrogen (secondary N) is 3. The minimum Gasteiger partial charge on any atom is -0.349 e. The van der Waals surface area contributed by atoms with Crippen molar-refractivity contribution >= 4 is 88.0 Å². The van der Waals surface area contributed by atoms with Crippen LogP contribution in [0.5, 0.6) is 0 Å². The predicted molar refractivity (Wildman–Crippen MR) is 161 cm³/mol. The zero-order valence-electron chi connectivity index (χ0n) is 23.2. The minimum absolute atomic E-state index is 0.103. The van der Waals surface area contributed by atoms with Crippen LogP contribution in [0.4, 0.5) is 50.4 Å². The molecule has 254 valence electrons. The molecule has 0 radical (unpaired) electrons. The first-order chi connectivity index (χ1) is 22.0. The second-order valence-electron chi connectivity index (χ2n) is 9.21. The van der Waals surface area contributed by atoms with Crippen molar-refractivity contribution in [3.63, 3.8) is 0 Å². The Labute approximate surface area is 272 Å². The summed E-state index contributed by atoms with van der Waals surface area (Å²) in [4.78, 5) is 28.8. The van der Waals surface area contributed by atoms with Crippen LogP contribution in [0.25, 0.3) is 0 Å². The lowest BCUT2D eigenvalue weighted by Crippen LogP contribution is -2.12. The summed E-state index contributed by atoms with van der Waals surface area (Å²) in [7, 11) is -15.3. The van der Waals surface area contributed by atoms with E-state index < -0.39 is 100 Å². The highest BCUT2D eigenvalue weighted by atomic mass is 35.5. The Morgan fingerprint density at radius 3 is 1.71 bits per heavy atom. The lowest BCUT2D eigenvalue weighted by molar-refractivity contribution is -0.395. The summed E-state index contributed by atoms with van der Waals surface area (Å²) in [5.74, 6) is -2.54. The third-order valence-corrected chi connectivity index (χ3v) is 8.90. The number of hydrogen-bond acceptors (Lipinski definition) is 16. The second kappa shape index (κ2) is 12.8. The Bertz CT molecular complexity index is 2360. The van der Waals surface area contributed by atoms with Crippen LogP contribution in [0.1, 0.15) is 5.56 Å². The van der Waals surface area contributed by atoms with Gasteiger partial charge in [-0.1, -0.05) is 0 Å². The molecule has 0 spiro atoms. The number of benzene rings is 3. The van der Waals surface area contributed by atoms with Gasteiger partial charge in [-0.2, -0.15) is 44.6 Å². The van der Waals surface area contributed by atoms with Gasteiger partial charge in [-0.15, -0.1) is 0 Å². The average molecular weight is 751 g/mol. The minimum atomic E-state index is -5.42. The van der Waals surface area contributed by atoms with E-state index in [-0.39, 0.29) is 35.4 Å². The van der Waals surface area contributed by atoms with Crippen LogP contribution < -0.4 is 16.0 Å². The van der Waals surface area contributed by atoms with E-state index in [2.05, 4.69) is 30.9 Å². The summed E-state index contributed by atoms with van der Waals surface area (Å²) in [5, 5.41) is 29.2. The number of nitrogens with zero attached hydrogens (tertiary/aromatic N) is 5. The topological polar surface area (TPSA) is 324 Å². The van der Waals surface area contributed by atoms with Gasteiger partial charge in [0.25, 0.3) is 36.0 Å². The fourth-order valence-electron chi connectivity index (χ4n) is 4.00. The van der Waals surface area contributed by atoms with Crippen molar-refractivity contribution in [2.75, 3.05) is 16.0 Å². The molecule has 48 heavy (non-hydrogen) atoms. The first-order valence-corrected chi connectivity index (χ1v) is 16.8. The maximum atomic E-state index is 14.4. The van der Waals surface area contributed by atoms with E-state index in [0.717, 1.165) is 6.07 Å². The summed E-state index contributed by atoms with van der Waals surface area (Å²) in [6.07, 6.45) is 0. The van der Waals surface area contributed by atoms with E-state index in [4.69, 9.17) is 11.6 Å². The second-order valence-corrected chi connectivity index (χ2v) is 13.7. The lowest BCUT2D eigenvalue weighted by atomic mass is 10.2. The summed E-state index contributed by atoms with van der Waals surface area (Å²) in [6.45, 7) is 1.36. The highest BCUT2D eigenvalue weighted by Gasteiger charge is 2.29. The van der Waals surface area contributed by atoms with Crippen molar-refractivity contribution in [1.29, 1.82) is 0 Å². The van der Waals surface area contributed by atoms with E-state index in [0.29, 0.717) is 6.07 Å². The Balaban J connectivity index is 1.84. The molecule has 4 aromatic rings. The molecule has 0 aliphatic heterocycles. The molecule has 26 heteroatoms. The van der Waals surface area contributed by atoms with Gasteiger partial charge in [0.05, 0.1) is 32.2 Å². The highest BCUT2D eigenvalue weighted by Crippen LogP contribution is 2.39. The lowest BCUT2D eigenvalue weighted by Gasteiger charge is -2.16. The van der Waals surface area contributed by atoms with E-state index in [1.165, 1.54) is 19.1 Å². The van der Waals surface area contributed by atoms with Crippen LogP contribution in [0.2, 0.25) is 5.28 Å². The molecule has 0 unspecified atom stereocenters. The molecule has 0 amide bonds. The molecule has 6 N–H and O–H groups in total. The molecule has 0 aliphatic carbocycles. The quantitative estimate of drug-likeness (QED) is 0.0721. The average Bonchev–Trinajstić information content (AvgIpc) is 2.90. The zero-order valence-corrected chi connectivity index (χ0v) is 26.4. The summed E-state index contributed by atoms with van der Waals surface area (Å²) in [6, 6.07) is 4.80. The predicted octanol–water partition coefficient (Wildman–Crippen LogP) is 3.76. The Morgan fingerprint density at radius 1 is 0.688 bits per heavy atom. The molecule has 1 heterocycles. The Hall–Kier alpha value is -5.18. The fraction of sp³-hybridized carbons (Fsp3) is 0.0455. The van der Waals surface area contributed by atoms with Gasteiger partial charge in [-0.05, 0) is 54.4 Å². The van der Waals surface area contributed by atoms with Crippen molar-refractivity contribution in [2.45, 2.75) is 21.6 Å². The largest absolute Gasteiger partial charge is 0.349 e.